The van der Waals surface area contributed by atoms with Gasteiger partial charge in [0.1, 0.15) is 0 Å². The monoisotopic (exact) mass is 391 g/mol. The van der Waals surface area contributed by atoms with Gasteiger partial charge in [-0.2, -0.15) is 0 Å². The maximum atomic E-state index is 12.4. The quantitative estimate of drug-likeness (QED) is 0.356. The van der Waals surface area contributed by atoms with E-state index in [-0.39, 0.29) is 16.9 Å². The van der Waals surface area contributed by atoms with Gasteiger partial charge in [0.15, 0.2) is 6.61 Å². The maximum absolute atomic E-state index is 12.4. The highest BCUT2D eigenvalue weighted by Gasteiger charge is 2.15. The van der Waals surface area contributed by atoms with Crippen molar-refractivity contribution >= 4 is 34.6 Å². The van der Waals surface area contributed by atoms with E-state index in [1.165, 1.54) is 24.3 Å². The lowest BCUT2D eigenvalue weighted by Gasteiger charge is -2.12. The van der Waals surface area contributed by atoms with E-state index in [0.29, 0.717) is 5.69 Å². The highest BCUT2D eigenvalue weighted by atomic mass is 16.6. The van der Waals surface area contributed by atoms with Gasteiger partial charge in [0.25, 0.3) is 11.6 Å². The van der Waals surface area contributed by atoms with Crippen molar-refractivity contribution in [3.63, 3.8) is 0 Å². The summed E-state index contributed by atoms with van der Waals surface area (Å²) in [4.78, 5) is 34.7. The molecule has 0 aliphatic carbocycles. The molecule has 0 spiro atoms. The summed E-state index contributed by atoms with van der Waals surface area (Å²) in [5.74, 6) is -1.27. The van der Waals surface area contributed by atoms with Crippen molar-refractivity contribution in [3.05, 3.63) is 94.5 Å². The van der Waals surface area contributed by atoms with Crippen LogP contribution in [-0.2, 0) is 9.53 Å². The molecule has 8 nitrogen and oxygen atoms in total. The van der Waals surface area contributed by atoms with Crippen molar-refractivity contribution in [2.45, 2.75) is 0 Å². The number of rotatable bonds is 7. The lowest BCUT2D eigenvalue weighted by atomic mass is 10.1. The first-order valence-electron chi connectivity index (χ1n) is 8.65. The van der Waals surface area contributed by atoms with E-state index in [1.807, 2.05) is 30.3 Å². The molecule has 8 heteroatoms. The van der Waals surface area contributed by atoms with Gasteiger partial charge in [-0.1, -0.05) is 36.4 Å². The lowest BCUT2D eigenvalue weighted by Crippen LogP contribution is -2.21. The molecule has 0 bridgehead atoms. The molecule has 3 aromatic rings. The minimum Gasteiger partial charge on any atom is -0.452 e. The normalized spacial score (nSPS) is 10.1. The Morgan fingerprint density at radius 3 is 2.34 bits per heavy atom. The summed E-state index contributed by atoms with van der Waals surface area (Å²) in [5, 5.41) is 16.4. The molecule has 0 aliphatic heterocycles. The van der Waals surface area contributed by atoms with Crippen LogP contribution < -0.4 is 10.6 Å². The highest BCUT2D eigenvalue weighted by molar-refractivity contribution is 5.99. The first kappa shape index (κ1) is 19.6. The molecule has 0 atom stereocenters. The minimum absolute atomic E-state index is 0.152. The molecule has 29 heavy (non-hydrogen) atoms. The zero-order valence-electron chi connectivity index (χ0n) is 15.2. The Kier molecular flexibility index (Phi) is 6.16. The zero-order valence-corrected chi connectivity index (χ0v) is 15.2. The van der Waals surface area contributed by atoms with Crippen LogP contribution >= 0.6 is 0 Å². The fourth-order valence-electron chi connectivity index (χ4n) is 2.55. The van der Waals surface area contributed by atoms with Gasteiger partial charge in [-0.05, 0) is 30.3 Å². The molecular formula is C21H17N3O5. The molecule has 1 amide bonds. The summed E-state index contributed by atoms with van der Waals surface area (Å²) in [6, 6.07) is 21.6. The third-order valence-corrected chi connectivity index (χ3v) is 3.87. The van der Waals surface area contributed by atoms with E-state index in [4.69, 9.17) is 4.74 Å². The smallest absolute Gasteiger partial charge is 0.340 e. The van der Waals surface area contributed by atoms with Crippen LogP contribution in [0.4, 0.5) is 22.7 Å². The number of nitro groups is 1. The number of para-hydroxylation sites is 2. The molecule has 146 valence electrons. The standard InChI is InChI=1S/C21H17N3O5/c25-20(23-16-9-6-10-17(13-16)24(27)28)14-29-21(26)18-11-4-5-12-19(18)22-15-7-2-1-3-8-15/h1-13,22H,14H2,(H,23,25). The third-order valence-electron chi connectivity index (χ3n) is 3.87. The second-order valence-corrected chi connectivity index (χ2v) is 5.97. The number of esters is 1. The second kappa shape index (κ2) is 9.14. The van der Waals surface area contributed by atoms with E-state index in [0.717, 1.165) is 5.69 Å². The number of nitro benzene ring substituents is 1. The van der Waals surface area contributed by atoms with Gasteiger partial charge in [0.2, 0.25) is 0 Å². The molecule has 0 aromatic heterocycles. The van der Waals surface area contributed by atoms with Gasteiger partial charge in [-0.25, -0.2) is 4.79 Å². The van der Waals surface area contributed by atoms with Gasteiger partial charge in [-0.3, -0.25) is 14.9 Å². The second-order valence-electron chi connectivity index (χ2n) is 5.97. The van der Waals surface area contributed by atoms with Crippen LogP contribution in [0.2, 0.25) is 0 Å². The number of anilines is 3. The predicted octanol–water partition coefficient (Wildman–Crippen LogP) is 4.13. The number of non-ortho nitro benzene ring substituents is 1. The van der Waals surface area contributed by atoms with Gasteiger partial charge in [0, 0.05) is 23.5 Å². The summed E-state index contributed by atoms with van der Waals surface area (Å²) >= 11 is 0. The fraction of sp³-hybridized carbons (Fsp3) is 0.0476. The fourth-order valence-corrected chi connectivity index (χ4v) is 2.55. The van der Waals surface area contributed by atoms with E-state index in [9.17, 15) is 19.7 Å². The van der Waals surface area contributed by atoms with Crippen molar-refractivity contribution in [1.82, 2.24) is 0 Å². The largest absolute Gasteiger partial charge is 0.452 e. The van der Waals surface area contributed by atoms with Crippen molar-refractivity contribution in [2.24, 2.45) is 0 Å². The molecule has 0 unspecified atom stereocenters. The third kappa shape index (κ3) is 5.39. The van der Waals surface area contributed by atoms with Crippen LogP contribution in [0.1, 0.15) is 10.4 Å². The average molecular weight is 391 g/mol. The number of hydrogen-bond donors (Lipinski definition) is 2. The Morgan fingerprint density at radius 1 is 0.897 bits per heavy atom. The maximum Gasteiger partial charge on any atom is 0.340 e. The predicted molar refractivity (Wildman–Crippen MR) is 108 cm³/mol. The number of ether oxygens (including phenoxy) is 1. The molecule has 0 saturated carbocycles. The molecule has 0 radical (unpaired) electrons. The van der Waals surface area contributed by atoms with Crippen molar-refractivity contribution in [1.29, 1.82) is 0 Å². The number of benzene rings is 3. The molecule has 0 aliphatic rings. The van der Waals surface area contributed by atoms with E-state index >= 15 is 0 Å². The molecular weight excluding hydrogens is 374 g/mol. The van der Waals surface area contributed by atoms with Gasteiger partial charge in [0.05, 0.1) is 16.2 Å². The van der Waals surface area contributed by atoms with Crippen LogP contribution in [0.5, 0.6) is 0 Å². The summed E-state index contributed by atoms with van der Waals surface area (Å²) in [6.45, 7) is -0.527. The number of carbonyl (C=O) groups excluding carboxylic acids is 2. The molecule has 0 heterocycles. The van der Waals surface area contributed by atoms with Crippen LogP contribution in [0.25, 0.3) is 0 Å². The molecule has 0 fully saturated rings. The first-order chi connectivity index (χ1) is 14.0. The Hall–Kier alpha value is -4.20. The summed E-state index contributed by atoms with van der Waals surface area (Å²) in [6.07, 6.45) is 0. The van der Waals surface area contributed by atoms with Crippen LogP contribution in [0.15, 0.2) is 78.9 Å². The van der Waals surface area contributed by atoms with Crippen LogP contribution in [0, 0.1) is 10.1 Å². The Labute approximate surface area is 166 Å². The molecule has 0 saturated heterocycles. The average Bonchev–Trinajstić information content (AvgIpc) is 2.73. The minimum atomic E-state index is -0.668. The van der Waals surface area contributed by atoms with Crippen LogP contribution in [-0.4, -0.2) is 23.4 Å². The van der Waals surface area contributed by atoms with Crippen molar-refractivity contribution in [2.75, 3.05) is 17.2 Å². The van der Waals surface area contributed by atoms with Crippen molar-refractivity contribution < 1.29 is 19.2 Å². The Balaban J connectivity index is 1.61. The van der Waals surface area contributed by atoms with Crippen LogP contribution in [0.3, 0.4) is 0 Å². The highest BCUT2D eigenvalue weighted by Crippen LogP contribution is 2.21. The summed E-state index contributed by atoms with van der Waals surface area (Å²) in [7, 11) is 0. The number of carbonyl (C=O) groups is 2. The Bertz CT molecular complexity index is 1040. The lowest BCUT2D eigenvalue weighted by molar-refractivity contribution is -0.384. The number of nitrogens with zero attached hydrogens (tertiary/aromatic N) is 1. The number of hydrogen-bond acceptors (Lipinski definition) is 6. The first-order valence-corrected chi connectivity index (χ1v) is 8.65. The van der Waals surface area contributed by atoms with E-state index in [2.05, 4.69) is 10.6 Å². The topological polar surface area (TPSA) is 111 Å². The van der Waals surface area contributed by atoms with E-state index < -0.39 is 23.4 Å². The number of amides is 1. The SMILES string of the molecule is O=C(COC(=O)c1ccccc1Nc1ccccc1)Nc1cccc([N+](=O)[O-])c1. The number of nitrogens with one attached hydrogen (secondary N) is 2. The molecule has 3 rings (SSSR count). The zero-order chi connectivity index (χ0) is 20.6. The van der Waals surface area contributed by atoms with Gasteiger partial charge < -0.3 is 15.4 Å². The van der Waals surface area contributed by atoms with Gasteiger partial charge in [-0.15, -0.1) is 0 Å². The summed E-state index contributed by atoms with van der Waals surface area (Å²) in [5.41, 5.74) is 1.71. The van der Waals surface area contributed by atoms with Crippen molar-refractivity contribution in [3.8, 4) is 0 Å². The Morgan fingerprint density at radius 2 is 1.59 bits per heavy atom. The summed E-state index contributed by atoms with van der Waals surface area (Å²) < 4.78 is 5.09. The molecule has 3 aromatic carbocycles. The van der Waals surface area contributed by atoms with E-state index in [1.54, 1.807) is 24.3 Å². The van der Waals surface area contributed by atoms with Gasteiger partial charge >= 0.3 is 5.97 Å². The molecule has 2 N–H and O–H groups in total.